The highest BCUT2D eigenvalue weighted by molar-refractivity contribution is 6.12. The molecule has 242 valence electrons. The summed E-state index contributed by atoms with van der Waals surface area (Å²) in [6.07, 6.45) is 10.3. The van der Waals surface area contributed by atoms with Crippen molar-refractivity contribution in [1.29, 1.82) is 0 Å². The highest BCUT2D eigenvalue weighted by atomic mass is 16.6. The summed E-state index contributed by atoms with van der Waals surface area (Å²) in [6.45, 7) is 13.4. The lowest BCUT2D eigenvalue weighted by atomic mass is 9.91. The molecule has 0 N–H and O–H groups in total. The molecule has 2 unspecified atom stereocenters. The standard InChI is InChI=1S/C38H54O6/c1-7-13-17-27(9-3)23-41-34(39)25-43-37-31-19-15-16-20-32(31)38(36-30(12-6)29(11-5)21-22-33(36)37)44-26-35(40)42-24-28(10-4)18-14-8-2/h15-16,19-22,27-28H,7-14,17-18,23-26H2,1-6H3. The number of fused-ring (bicyclic) bond motifs is 2. The van der Waals surface area contributed by atoms with Crippen LogP contribution in [-0.4, -0.2) is 38.4 Å². The molecule has 2 atom stereocenters. The normalized spacial score (nSPS) is 12.7. The summed E-state index contributed by atoms with van der Waals surface area (Å²) >= 11 is 0. The lowest BCUT2D eigenvalue weighted by molar-refractivity contribution is -0.148. The van der Waals surface area contributed by atoms with E-state index in [1.807, 2.05) is 30.3 Å². The molecular formula is C38H54O6. The Bertz CT molecular complexity index is 1350. The lowest BCUT2D eigenvalue weighted by Crippen LogP contribution is -2.20. The smallest absolute Gasteiger partial charge is 0.344 e. The summed E-state index contributed by atoms with van der Waals surface area (Å²) in [4.78, 5) is 25.7. The molecule has 0 radical (unpaired) electrons. The fourth-order valence-corrected chi connectivity index (χ4v) is 5.90. The SMILES string of the molecule is CCCCC(CC)COC(=O)COc1c2ccccc2c(OCC(=O)OCC(CC)CCCC)c2c(CC)c(CC)ccc12. The van der Waals surface area contributed by atoms with Gasteiger partial charge in [-0.2, -0.15) is 0 Å². The largest absolute Gasteiger partial charge is 0.481 e. The van der Waals surface area contributed by atoms with E-state index >= 15 is 0 Å². The Labute approximate surface area is 264 Å². The Hall–Kier alpha value is -3.28. The molecule has 0 bridgehead atoms. The predicted molar refractivity (Wildman–Crippen MR) is 180 cm³/mol. The zero-order chi connectivity index (χ0) is 31.9. The van der Waals surface area contributed by atoms with E-state index in [9.17, 15) is 9.59 Å². The van der Waals surface area contributed by atoms with E-state index < -0.39 is 0 Å². The third-order valence-corrected chi connectivity index (χ3v) is 8.75. The number of hydrogen-bond acceptors (Lipinski definition) is 6. The summed E-state index contributed by atoms with van der Waals surface area (Å²) in [7, 11) is 0. The first-order valence-electron chi connectivity index (χ1n) is 17.0. The maximum absolute atomic E-state index is 12.9. The number of rotatable bonds is 20. The molecule has 6 nitrogen and oxygen atoms in total. The van der Waals surface area contributed by atoms with Crippen LogP contribution in [0.25, 0.3) is 21.5 Å². The molecule has 0 saturated heterocycles. The Kier molecular flexibility index (Phi) is 14.8. The first kappa shape index (κ1) is 35.2. The van der Waals surface area contributed by atoms with E-state index in [2.05, 4.69) is 47.6 Å². The van der Waals surface area contributed by atoms with Crippen LogP contribution < -0.4 is 9.47 Å². The van der Waals surface area contributed by atoms with Crippen LogP contribution in [0.2, 0.25) is 0 Å². The van der Waals surface area contributed by atoms with Gasteiger partial charge in [-0.15, -0.1) is 0 Å². The fourth-order valence-electron chi connectivity index (χ4n) is 5.90. The molecule has 3 rings (SSSR count). The average molecular weight is 607 g/mol. The third kappa shape index (κ3) is 9.36. The maximum atomic E-state index is 12.9. The van der Waals surface area contributed by atoms with Gasteiger partial charge in [-0.1, -0.05) is 116 Å². The first-order valence-corrected chi connectivity index (χ1v) is 17.0. The topological polar surface area (TPSA) is 71.1 Å². The predicted octanol–water partition coefficient (Wildman–Crippen LogP) is 9.39. The summed E-state index contributed by atoms with van der Waals surface area (Å²) < 4.78 is 23.9. The Morgan fingerprint density at radius 2 is 1.16 bits per heavy atom. The molecule has 0 saturated carbocycles. The molecule has 0 aliphatic heterocycles. The van der Waals surface area contributed by atoms with E-state index in [4.69, 9.17) is 18.9 Å². The molecule has 0 spiro atoms. The molecule has 3 aromatic carbocycles. The second-order valence-electron chi connectivity index (χ2n) is 11.8. The van der Waals surface area contributed by atoms with Crippen molar-refractivity contribution in [3.8, 4) is 11.5 Å². The van der Waals surface area contributed by atoms with Gasteiger partial charge in [-0.3, -0.25) is 0 Å². The number of ether oxygens (including phenoxy) is 4. The van der Waals surface area contributed by atoms with E-state index in [-0.39, 0.29) is 25.2 Å². The number of benzene rings is 3. The average Bonchev–Trinajstić information content (AvgIpc) is 3.05. The zero-order valence-corrected chi connectivity index (χ0v) is 28.0. The van der Waals surface area contributed by atoms with Crippen LogP contribution in [0.15, 0.2) is 36.4 Å². The van der Waals surface area contributed by atoms with Gasteiger partial charge in [0.25, 0.3) is 0 Å². The molecule has 3 aromatic rings. The Morgan fingerprint density at radius 1 is 0.636 bits per heavy atom. The van der Waals surface area contributed by atoms with Gasteiger partial charge in [0.1, 0.15) is 11.5 Å². The first-order chi connectivity index (χ1) is 21.4. The van der Waals surface area contributed by atoms with E-state index in [0.717, 1.165) is 91.3 Å². The van der Waals surface area contributed by atoms with Gasteiger partial charge in [0, 0.05) is 21.5 Å². The number of unbranched alkanes of at least 4 members (excludes halogenated alkanes) is 2. The maximum Gasteiger partial charge on any atom is 0.344 e. The van der Waals surface area contributed by atoms with Crippen LogP contribution in [0.4, 0.5) is 0 Å². The lowest BCUT2D eigenvalue weighted by Gasteiger charge is -2.21. The van der Waals surface area contributed by atoms with Gasteiger partial charge in [0.2, 0.25) is 0 Å². The summed E-state index contributed by atoms with van der Waals surface area (Å²) in [5.74, 6) is 1.27. The minimum atomic E-state index is -0.370. The van der Waals surface area contributed by atoms with Gasteiger partial charge in [0.15, 0.2) is 13.2 Å². The minimum absolute atomic E-state index is 0.175. The van der Waals surface area contributed by atoms with Crippen LogP contribution in [0.5, 0.6) is 11.5 Å². The van der Waals surface area contributed by atoms with Crippen LogP contribution in [0.3, 0.4) is 0 Å². The van der Waals surface area contributed by atoms with Crippen molar-refractivity contribution in [1.82, 2.24) is 0 Å². The van der Waals surface area contributed by atoms with Gasteiger partial charge < -0.3 is 18.9 Å². The molecule has 44 heavy (non-hydrogen) atoms. The van der Waals surface area contributed by atoms with E-state index in [1.54, 1.807) is 0 Å². The molecule has 0 heterocycles. The molecular weight excluding hydrogens is 552 g/mol. The second-order valence-corrected chi connectivity index (χ2v) is 11.8. The van der Waals surface area contributed by atoms with E-state index in [1.165, 1.54) is 5.56 Å². The van der Waals surface area contributed by atoms with Crippen molar-refractivity contribution in [3.63, 3.8) is 0 Å². The number of aryl methyl sites for hydroxylation is 2. The van der Waals surface area contributed by atoms with Crippen molar-refractivity contribution < 1.29 is 28.5 Å². The van der Waals surface area contributed by atoms with Gasteiger partial charge >= 0.3 is 11.9 Å². The Balaban J connectivity index is 1.92. The van der Waals surface area contributed by atoms with Crippen molar-refractivity contribution in [2.75, 3.05) is 26.4 Å². The molecule has 0 aromatic heterocycles. The van der Waals surface area contributed by atoms with Gasteiger partial charge in [0.05, 0.1) is 13.2 Å². The molecule has 0 aliphatic carbocycles. The minimum Gasteiger partial charge on any atom is -0.481 e. The quantitative estimate of drug-likeness (QED) is 0.0943. The van der Waals surface area contributed by atoms with Crippen LogP contribution in [0, 0.1) is 11.8 Å². The number of esters is 2. The van der Waals surface area contributed by atoms with Crippen molar-refractivity contribution >= 4 is 33.5 Å². The number of carbonyl (C=O) groups is 2. The van der Waals surface area contributed by atoms with Gasteiger partial charge in [-0.05, 0) is 48.6 Å². The van der Waals surface area contributed by atoms with Crippen molar-refractivity contribution in [3.05, 3.63) is 47.5 Å². The number of carbonyl (C=O) groups excluding carboxylic acids is 2. The number of hydrogen-bond donors (Lipinski definition) is 0. The van der Waals surface area contributed by atoms with Crippen molar-refractivity contribution in [2.45, 2.75) is 106 Å². The third-order valence-electron chi connectivity index (χ3n) is 8.75. The van der Waals surface area contributed by atoms with Crippen molar-refractivity contribution in [2.24, 2.45) is 11.8 Å². The summed E-state index contributed by atoms with van der Waals surface area (Å²) in [6, 6.07) is 12.0. The zero-order valence-electron chi connectivity index (χ0n) is 28.0. The van der Waals surface area contributed by atoms with Crippen LogP contribution in [0.1, 0.15) is 104 Å². The monoisotopic (exact) mass is 606 g/mol. The molecule has 0 amide bonds. The second kappa shape index (κ2) is 18.5. The Morgan fingerprint density at radius 3 is 1.64 bits per heavy atom. The molecule has 0 aliphatic rings. The summed E-state index contributed by atoms with van der Waals surface area (Å²) in [5, 5.41) is 3.43. The highest BCUT2D eigenvalue weighted by Gasteiger charge is 2.22. The molecule has 6 heteroatoms. The summed E-state index contributed by atoms with van der Waals surface area (Å²) in [5.41, 5.74) is 2.37. The van der Waals surface area contributed by atoms with Crippen LogP contribution in [-0.2, 0) is 31.9 Å². The van der Waals surface area contributed by atoms with E-state index in [0.29, 0.717) is 36.5 Å². The van der Waals surface area contributed by atoms with Crippen LogP contribution >= 0.6 is 0 Å². The highest BCUT2D eigenvalue weighted by Crippen LogP contribution is 2.45. The molecule has 0 fully saturated rings. The fraction of sp³-hybridized carbons (Fsp3) is 0.579. The van der Waals surface area contributed by atoms with Gasteiger partial charge in [-0.25, -0.2) is 9.59 Å².